The molecule has 0 saturated carbocycles. The number of nitrogens with zero attached hydrogens (tertiary/aromatic N) is 2. The Balaban J connectivity index is 2.58. The van der Waals surface area contributed by atoms with E-state index in [2.05, 4.69) is 29.7 Å². The fourth-order valence-corrected chi connectivity index (χ4v) is 1.84. The summed E-state index contributed by atoms with van der Waals surface area (Å²) in [6, 6.07) is 0.632. The third-order valence-electron chi connectivity index (χ3n) is 2.74. The summed E-state index contributed by atoms with van der Waals surface area (Å²) in [6.07, 6.45) is 5.41. The van der Waals surface area contributed by atoms with Crippen LogP contribution in [-0.2, 0) is 0 Å². The van der Waals surface area contributed by atoms with Gasteiger partial charge >= 0.3 is 0 Å². The number of nitrogens with two attached hydrogens (primary N) is 1. The van der Waals surface area contributed by atoms with Crippen molar-refractivity contribution in [2.45, 2.75) is 19.0 Å². The van der Waals surface area contributed by atoms with Crippen molar-refractivity contribution < 1.29 is 0 Å². The van der Waals surface area contributed by atoms with Crippen molar-refractivity contribution in [3.8, 4) is 12.3 Å². The lowest BCUT2D eigenvalue weighted by Gasteiger charge is -2.41. The highest BCUT2D eigenvalue weighted by Gasteiger charge is 2.26. The maximum atomic E-state index is 5.71. The standard InChI is InChI=1S/C10H19N3/c1-4-9(2)13-6-5-12(3)8-10(13)7-11/h1,9-10H,5-8,11H2,2-3H3. The maximum Gasteiger partial charge on any atom is 0.0687 e. The van der Waals surface area contributed by atoms with E-state index in [1.165, 1.54) is 0 Å². The third-order valence-corrected chi connectivity index (χ3v) is 2.74. The lowest BCUT2D eigenvalue weighted by molar-refractivity contribution is 0.0806. The number of terminal acetylenes is 1. The van der Waals surface area contributed by atoms with Gasteiger partial charge in [-0.05, 0) is 14.0 Å². The number of rotatable bonds is 2. The highest BCUT2D eigenvalue weighted by Crippen LogP contribution is 2.10. The molecule has 74 valence electrons. The van der Waals surface area contributed by atoms with Gasteiger partial charge in [0.05, 0.1) is 6.04 Å². The van der Waals surface area contributed by atoms with E-state index in [9.17, 15) is 0 Å². The Morgan fingerprint density at radius 2 is 2.31 bits per heavy atom. The SMILES string of the molecule is C#CC(C)N1CCN(C)CC1CN. The van der Waals surface area contributed by atoms with E-state index in [-0.39, 0.29) is 6.04 Å². The minimum atomic E-state index is 0.210. The first-order chi connectivity index (χ1) is 6.19. The van der Waals surface area contributed by atoms with Crippen LogP contribution in [0.4, 0.5) is 0 Å². The van der Waals surface area contributed by atoms with E-state index in [1.54, 1.807) is 0 Å². The van der Waals surface area contributed by atoms with Gasteiger partial charge in [0.15, 0.2) is 0 Å². The quantitative estimate of drug-likeness (QED) is 0.587. The van der Waals surface area contributed by atoms with E-state index < -0.39 is 0 Å². The van der Waals surface area contributed by atoms with Crippen LogP contribution in [0.5, 0.6) is 0 Å². The Bertz CT molecular complexity index is 197. The maximum absolute atomic E-state index is 5.71. The summed E-state index contributed by atoms with van der Waals surface area (Å²) in [5, 5.41) is 0. The number of piperazine rings is 1. The lowest BCUT2D eigenvalue weighted by Crippen LogP contribution is -2.57. The normalized spacial score (nSPS) is 28.3. The molecule has 0 aromatic heterocycles. The predicted octanol–water partition coefficient (Wildman–Crippen LogP) is -0.417. The molecule has 0 amide bonds. The minimum absolute atomic E-state index is 0.210. The Labute approximate surface area is 80.9 Å². The minimum Gasteiger partial charge on any atom is -0.329 e. The summed E-state index contributed by atoms with van der Waals surface area (Å²) in [7, 11) is 2.13. The van der Waals surface area contributed by atoms with Crippen LogP contribution < -0.4 is 5.73 Å². The van der Waals surface area contributed by atoms with Crippen LogP contribution in [0.15, 0.2) is 0 Å². The van der Waals surface area contributed by atoms with Gasteiger partial charge in [0.25, 0.3) is 0 Å². The predicted molar refractivity (Wildman–Crippen MR) is 55.3 cm³/mol. The second-order valence-electron chi connectivity index (χ2n) is 3.73. The highest BCUT2D eigenvalue weighted by molar-refractivity contribution is 5.00. The van der Waals surface area contributed by atoms with Gasteiger partial charge in [0.1, 0.15) is 0 Å². The largest absolute Gasteiger partial charge is 0.329 e. The van der Waals surface area contributed by atoms with Gasteiger partial charge < -0.3 is 10.6 Å². The first kappa shape index (κ1) is 10.5. The van der Waals surface area contributed by atoms with Crippen LogP contribution in [0.25, 0.3) is 0 Å². The number of hydrogen-bond acceptors (Lipinski definition) is 3. The van der Waals surface area contributed by atoms with Crippen molar-refractivity contribution in [3.63, 3.8) is 0 Å². The van der Waals surface area contributed by atoms with Crippen molar-refractivity contribution in [2.75, 3.05) is 33.2 Å². The molecule has 3 nitrogen and oxygen atoms in total. The van der Waals surface area contributed by atoms with Gasteiger partial charge in [0, 0.05) is 32.2 Å². The Morgan fingerprint density at radius 1 is 1.62 bits per heavy atom. The molecule has 3 heteroatoms. The summed E-state index contributed by atoms with van der Waals surface area (Å²) in [4.78, 5) is 4.62. The summed E-state index contributed by atoms with van der Waals surface area (Å²) in [5.74, 6) is 2.77. The summed E-state index contributed by atoms with van der Waals surface area (Å²) in [6.45, 7) is 5.90. The van der Waals surface area contributed by atoms with Gasteiger partial charge in [-0.2, -0.15) is 0 Å². The van der Waals surface area contributed by atoms with Crippen LogP contribution in [0.3, 0.4) is 0 Å². The fourth-order valence-electron chi connectivity index (χ4n) is 1.84. The zero-order chi connectivity index (χ0) is 9.84. The fraction of sp³-hybridized carbons (Fsp3) is 0.800. The average Bonchev–Trinajstić information content (AvgIpc) is 2.16. The Morgan fingerprint density at radius 3 is 2.85 bits per heavy atom. The number of likely N-dealkylation sites (N-methyl/N-ethyl adjacent to an activating group) is 1. The molecule has 0 aliphatic carbocycles. The molecule has 0 spiro atoms. The molecule has 1 aliphatic heterocycles. The first-order valence-electron chi connectivity index (χ1n) is 4.79. The van der Waals surface area contributed by atoms with Crippen molar-refractivity contribution in [1.29, 1.82) is 0 Å². The molecule has 1 fully saturated rings. The smallest absolute Gasteiger partial charge is 0.0687 e. The topological polar surface area (TPSA) is 32.5 Å². The number of hydrogen-bond donors (Lipinski definition) is 1. The van der Waals surface area contributed by atoms with E-state index in [0.717, 1.165) is 19.6 Å². The zero-order valence-corrected chi connectivity index (χ0v) is 8.53. The third kappa shape index (κ3) is 2.44. The molecule has 2 unspecified atom stereocenters. The molecule has 1 aliphatic rings. The van der Waals surface area contributed by atoms with E-state index >= 15 is 0 Å². The average molecular weight is 181 g/mol. The molecule has 0 radical (unpaired) electrons. The molecule has 0 aromatic carbocycles. The molecular weight excluding hydrogens is 162 g/mol. The first-order valence-corrected chi connectivity index (χ1v) is 4.79. The Hall–Kier alpha value is -0.560. The zero-order valence-electron chi connectivity index (χ0n) is 8.53. The molecule has 2 N–H and O–H groups in total. The van der Waals surface area contributed by atoms with E-state index in [1.807, 2.05) is 0 Å². The molecule has 0 aromatic rings. The van der Waals surface area contributed by atoms with Crippen LogP contribution in [0, 0.1) is 12.3 Å². The van der Waals surface area contributed by atoms with Crippen LogP contribution in [-0.4, -0.2) is 55.1 Å². The van der Waals surface area contributed by atoms with E-state index in [0.29, 0.717) is 12.6 Å². The molecule has 13 heavy (non-hydrogen) atoms. The van der Waals surface area contributed by atoms with Crippen LogP contribution in [0.1, 0.15) is 6.92 Å². The summed E-state index contributed by atoms with van der Waals surface area (Å²) in [5.41, 5.74) is 5.71. The monoisotopic (exact) mass is 181 g/mol. The van der Waals surface area contributed by atoms with Gasteiger partial charge in [-0.3, -0.25) is 4.90 Å². The van der Waals surface area contributed by atoms with Crippen LogP contribution in [0.2, 0.25) is 0 Å². The summed E-state index contributed by atoms with van der Waals surface area (Å²) >= 11 is 0. The van der Waals surface area contributed by atoms with Crippen molar-refractivity contribution in [3.05, 3.63) is 0 Å². The second kappa shape index (κ2) is 4.61. The van der Waals surface area contributed by atoms with Gasteiger partial charge in [-0.1, -0.05) is 5.92 Å². The van der Waals surface area contributed by atoms with Crippen LogP contribution >= 0.6 is 0 Å². The molecular formula is C10H19N3. The van der Waals surface area contributed by atoms with E-state index in [4.69, 9.17) is 12.2 Å². The highest BCUT2D eigenvalue weighted by atomic mass is 15.3. The molecule has 1 saturated heterocycles. The van der Waals surface area contributed by atoms with Gasteiger partial charge in [-0.15, -0.1) is 6.42 Å². The Kier molecular flexibility index (Phi) is 3.73. The van der Waals surface area contributed by atoms with Gasteiger partial charge in [-0.25, -0.2) is 0 Å². The second-order valence-corrected chi connectivity index (χ2v) is 3.73. The molecule has 0 bridgehead atoms. The lowest BCUT2D eigenvalue weighted by atomic mass is 10.1. The van der Waals surface area contributed by atoms with Crippen molar-refractivity contribution in [1.82, 2.24) is 9.80 Å². The van der Waals surface area contributed by atoms with Crippen molar-refractivity contribution in [2.24, 2.45) is 5.73 Å². The van der Waals surface area contributed by atoms with Gasteiger partial charge in [0.2, 0.25) is 0 Å². The van der Waals surface area contributed by atoms with Crippen molar-refractivity contribution >= 4 is 0 Å². The molecule has 1 heterocycles. The molecule has 2 atom stereocenters. The molecule has 1 rings (SSSR count). The summed E-state index contributed by atoms with van der Waals surface area (Å²) < 4.78 is 0.